The fourth-order valence-corrected chi connectivity index (χ4v) is 5.07. The topological polar surface area (TPSA) is 55.7 Å². The highest BCUT2D eigenvalue weighted by Gasteiger charge is 2.68. The van der Waals surface area contributed by atoms with Crippen molar-refractivity contribution in [2.45, 2.75) is 37.6 Å². The second-order valence-electron chi connectivity index (χ2n) is 7.80. The first kappa shape index (κ1) is 20.1. The number of hydrogen-bond donors (Lipinski definition) is 0. The predicted octanol–water partition coefficient (Wildman–Crippen LogP) is 5.23. The average molecular weight is 430 g/mol. The molecule has 4 nitrogen and oxygen atoms in total. The van der Waals surface area contributed by atoms with Crippen LogP contribution < -0.4 is 0 Å². The van der Waals surface area contributed by atoms with E-state index in [4.69, 9.17) is 32.9 Å². The number of ether oxygens (including phenoxy) is 1. The van der Waals surface area contributed by atoms with Crippen molar-refractivity contribution in [3.63, 3.8) is 0 Å². The molecule has 0 aromatic heterocycles. The maximum Gasteiger partial charge on any atom is 0.335 e. The maximum absolute atomic E-state index is 13.4. The number of Topliss-reactive ketones (excluding diaryl/α,β-unsaturated/α-hetero) is 1. The van der Waals surface area contributed by atoms with Gasteiger partial charge >= 0.3 is 5.97 Å². The monoisotopic (exact) mass is 429 g/mol. The molecule has 29 heavy (non-hydrogen) atoms. The van der Waals surface area contributed by atoms with Crippen molar-refractivity contribution in [2.24, 2.45) is 10.4 Å². The highest BCUT2D eigenvalue weighted by molar-refractivity contribution is 6.30. The second-order valence-corrected chi connectivity index (χ2v) is 8.68. The Morgan fingerprint density at radius 2 is 1.62 bits per heavy atom. The van der Waals surface area contributed by atoms with Crippen LogP contribution in [-0.2, 0) is 14.3 Å². The Bertz CT molecular complexity index is 986. The fourth-order valence-electron chi connectivity index (χ4n) is 4.81. The van der Waals surface area contributed by atoms with E-state index in [1.54, 1.807) is 37.4 Å². The number of rotatable bonds is 4. The average Bonchev–Trinajstić information content (AvgIpc) is 2.97. The van der Waals surface area contributed by atoms with Crippen molar-refractivity contribution < 1.29 is 14.3 Å². The van der Waals surface area contributed by atoms with E-state index in [0.29, 0.717) is 10.0 Å². The van der Waals surface area contributed by atoms with Gasteiger partial charge in [0.15, 0.2) is 5.54 Å². The van der Waals surface area contributed by atoms with E-state index < -0.39 is 28.8 Å². The SMILES string of the molecule is CCOC(=O)[C@]12N=C[C@](C)(C(=O)C[C@@H]1c1ccc(Cl)cc1)[C@@H]2c1ccc(Cl)cc1. The molecular formula is C23H21Cl2NO3. The summed E-state index contributed by atoms with van der Waals surface area (Å²) in [5.74, 6) is -1.28. The molecule has 1 saturated carbocycles. The van der Waals surface area contributed by atoms with Gasteiger partial charge < -0.3 is 4.74 Å². The number of esters is 1. The number of ketones is 1. The summed E-state index contributed by atoms with van der Waals surface area (Å²) in [4.78, 5) is 31.5. The Kier molecular flexibility index (Phi) is 5.04. The number of nitrogens with zero attached hydrogens (tertiary/aromatic N) is 1. The van der Waals surface area contributed by atoms with Crippen molar-refractivity contribution in [1.82, 2.24) is 0 Å². The van der Waals surface area contributed by atoms with Crippen LogP contribution in [-0.4, -0.2) is 30.1 Å². The summed E-state index contributed by atoms with van der Waals surface area (Å²) in [5.41, 5.74) is -0.422. The van der Waals surface area contributed by atoms with Crippen LogP contribution in [0.3, 0.4) is 0 Å². The third kappa shape index (κ3) is 3.01. The van der Waals surface area contributed by atoms with Gasteiger partial charge in [-0.3, -0.25) is 9.79 Å². The number of benzene rings is 2. The van der Waals surface area contributed by atoms with Crippen LogP contribution in [0.15, 0.2) is 53.5 Å². The van der Waals surface area contributed by atoms with Crippen molar-refractivity contribution in [2.75, 3.05) is 6.61 Å². The highest BCUT2D eigenvalue weighted by Crippen LogP contribution is 2.61. The smallest absolute Gasteiger partial charge is 0.335 e. The van der Waals surface area contributed by atoms with Gasteiger partial charge in [0.2, 0.25) is 0 Å². The number of hydrogen-bond acceptors (Lipinski definition) is 4. The van der Waals surface area contributed by atoms with Gasteiger partial charge in [0, 0.05) is 34.5 Å². The summed E-state index contributed by atoms with van der Waals surface area (Å²) in [6, 6.07) is 14.5. The van der Waals surface area contributed by atoms with Crippen molar-refractivity contribution >= 4 is 41.2 Å². The predicted molar refractivity (Wildman–Crippen MR) is 114 cm³/mol. The van der Waals surface area contributed by atoms with Gasteiger partial charge in [-0.2, -0.15) is 0 Å². The largest absolute Gasteiger partial charge is 0.464 e. The molecule has 0 unspecified atom stereocenters. The van der Waals surface area contributed by atoms with Crippen LogP contribution >= 0.6 is 23.2 Å². The number of fused-ring (bicyclic) bond motifs is 2. The molecule has 0 saturated heterocycles. The molecule has 1 fully saturated rings. The van der Waals surface area contributed by atoms with E-state index in [1.807, 2.05) is 31.2 Å². The van der Waals surface area contributed by atoms with Crippen LogP contribution in [0.1, 0.15) is 43.2 Å². The van der Waals surface area contributed by atoms with E-state index in [0.717, 1.165) is 11.1 Å². The third-order valence-electron chi connectivity index (χ3n) is 6.19. The summed E-state index contributed by atoms with van der Waals surface area (Å²) in [6.45, 7) is 3.87. The molecule has 0 N–H and O–H groups in total. The number of aliphatic imine (C=N–C) groups is 1. The summed E-state index contributed by atoms with van der Waals surface area (Å²) in [7, 11) is 0. The normalized spacial score (nSPS) is 30.4. The van der Waals surface area contributed by atoms with Crippen LogP contribution in [0.4, 0.5) is 0 Å². The van der Waals surface area contributed by atoms with Crippen molar-refractivity contribution in [3.8, 4) is 0 Å². The maximum atomic E-state index is 13.4. The molecule has 1 aliphatic heterocycles. The van der Waals surface area contributed by atoms with E-state index in [2.05, 4.69) is 0 Å². The molecule has 2 aromatic carbocycles. The van der Waals surface area contributed by atoms with E-state index in [9.17, 15) is 9.59 Å². The van der Waals surface area contributed by atoms with Crippen LogP contribution in [0.5, 0.6) is 0 Å². The zero-order valence-corrected chi connectivity index (χ0v) is 17.7. The lowest BCUT2D eigenvalue weighted by Crippen LogP contribution is -2.56. The lowest BCUT2D eigenvalue weighted by atomic mass is 9.54. The molecule has 4 rings (SSSR count). The molecule has 4 atom stereocenters. The Morgan fingerprint density at radius 1 is 1.07 bits per heavy atom. The summed E-state index contributed by atoms with van der Waals surface area (Å²) in [5, 5.41) is 1.18. The fraction of sp³-hybridized carbons (Fsp3) is 0.348. The minimum Gasteiger partial charge on any atom is -0.464 e. The van der Waals surface area contributed by atoms with Gasteiger partial charge in [-0.25, -0.2) is 4.79 Å². The van der Waals surface area contributed by atoms with Gasteiger partial charge in [0.05, 0.1) is 12.0 Å². The molecule has 1 aliphatic carbocycles. The Morgan fingerprint density at radius 3 is 2.17 bits per heavy atom. The van der Waals surface area contributed by atoms with Crippen LogP contribution in [0.25, 0.3) is 0 Å². The van der Waals surface area contributed by atoms with Crippen molar-refractivity contribution in [1.29, 1.82) is 0 Å². The zero-order valence-electron chi connectivity index (χ0n) is 16.2. The molecule has 6 heteroatoms. The molecule has 2 bridgehead atoms. The van der Waals surface area contributed by atoms with Gasteiger partial charge in [-0.1, -0.05) is 47.5 Å². The Labute approximate surface area is 179 Å². The highest BCUT2D eigenvalue weighted by atomic mass is 35.5. The molecule has 0 radical (unpaired) electrons. The van der Waals surface area contributed by atoms with Gasteiger partial charge in [0.25, 0.3) is 0 Å². The molecular weight excluding hydrogens is 409 g/mol. The first-order chi connectivity index (χ1) is 13.8. The van der Waals surface area contributed by atoms with Gasteiger partial charge in [-0.15, -0.1) is 0 Å². The Hall–Kier alpha value is -2.17. The minimum absolute atomic E-state index is 0.0542. The lowest BCUT2D eigenvalue weighted by molar-refractivity contribution is -0.154. The van der Waals surface area contributed by atoms with E-state index in [-0.39, 0.29) is 18.8 Å². The molecule has 1 heterocycles. The number of halogens is 2. The van der Waals surface area contributed by atoms with E-state index >= 15 is 0 Å². The molecule has 0 amide bonds. The van der Waals surface area contributed by atoms with Crippen molar-refractivity contribution in [3.05, 3.63) is 69.7 Å². The second kappa shape index (κ2) is 7.26. The summed E-state index contributed by atoms with van der Waals surface area (Å²) < 4.78 is 5.52. The molecule has 2 aromatic rings. The van der Waals surface area contributed by atoms with Gasteiger partial charge in [0.1, 0.15) is 5.78 Å². The number of carbonyl (C=O) groups is 2. The quantitative estimate of drug-likeness (QED) is 0.625. The Balaban J connectivity index is 1.94. The lowest BCUT2D eigenvalue weighted by Gasteiger charge is -2.47. The third-order valence-corrected chi connectivity index (χ3v) is 6.69. The van der Waals surface area contributed by atoms with E-state index in [1.165, 1.54) is 0 Å². The summed E-state index contributed by atoms with van der Waals surface area (Å²) in [6.07, 6.45) is 1.86. The molecule has 150 valence electrons. The molecule has 2 aliphatic rings. The first-order valence-electron chi connectivity index (χ1n) is 9.60. The molecule has 0 spiro atoms. The van der Waals surface area contributed by atoms with Crippen LogP contribution in [0, 0.1) is 5.41 Å². The standard InChI is InChI=1S/C23H21Cl2NO3/c1-3-29-21(28)23-18(14-4-8-16(24)9-5-14)12-19(27)22(2,13-26-23)20(23)15-6-10-17(25)11-7-15/h4-11,13,18,20H,3,12H2,1-2H3/t18-,20+,22-,23+/m1/s1. The summed E-state index contributed by atoms with van der Waals surface area (Å²) >= 11 is 12.2. The first-order valence-corrected chi connectivity index (χ1v) is 10.4. The number of carbonyl (C=O) groups excluding carboxylic acids is 2. The zero-order chi connectivity index (χ0) is 20.8. The minimum atomic E-state index is -1.22. The van der Waals surface area contributed by atoms with Crippen LogP contribution in [0.2, 0.25) is 10.0 Å². The van der Waals surface area contributed by atoms with Gasteiger partial charge in [-0.05, 0) is 49.2 Å².